The predicted octanol–water partition coefficient (Wildman–Crippen LogP) is 2.08. The van der Waals surface area contributed by atoms with Gasteiger partial charge in [-0.15, -0.1) is 0 Å². The summed E-state index contributed by atoms with van der Waals surface area (Å²) in [5, 5.41) is 8.43. The summed E-state index contributed by atoms with van der Waals surface area (Å²) in [6.07, 6.45) is 0. The van der Waals surface area contributed by atoms with Gasteiger partial charge in [-0.3, -0.25) is 0 Å². The molecule has 1 aromatic carbocycles. The zero-order valence-electron chi connectivity index (χ0n) is 6.97. The normalized spacial score (nSPS) is 10.2. The van der Waals surface area contributed by atoms with Crippen LogP contribution < -0.4 is 10.2 Å². The first-order chi connectivity index (χ1) is 6.19. The second kappa shape index (κ2) is 4.55. The topological polar surface area (TPSA) is 41.5 Å². The zero-order valence-corrected chi connectivity index (χ0v) is 8.56. The summed E-state index contributed by atoms with van der Waals surface area (Å²) in [5.74, 6) is 0.140. The molecule has 0 aromatic heterocycles. The molecule has 0 unspecified atom stereocenters. The number of hydrogen-bond acceptors (Lipinski definition) is 3. The summed E-state index contributed by atoms with van der Waals surface area (Å²) >= 11 is 3.04. The standard InChI is InChI=1S/C8H9BrFNO2/c1-13-6-2-5(4-11-12)8(10)7(9)3-6/h2-3,11-12H,4H2,1H3. The Hall–Kier alpha value is -0.650. The molecule has 5 heteroatoms. The molecule has 2 N–H and O–H groups in total. The van der Waals surface area contributed by atoms with Crippen LogP contribution in [0, 0.1) is 5.82 Å². The van der Waals surface area contributed by atoms with Crippen molar-refractivity contribution >= 4 is 15.9 Å². The van der Waals surface area contributed by atoms with Gasteiger partial charge in [0, 0.05) is 12.1 Å². The quantitative estimate of drug-likeness (QED) is 0.807. The Morgan fingerprint density at radius 2 is 2.31 bits per heavy atom. The third-order valence-electron chi connectivity index (χ3n) is 1.58. The maximum Gasteiger partial charge on any atom is 0.142 e. The predicted molar refractivity (Wildman–Crippen MR) is 49.3 cm³/mol. The fraction of sp³-hybridized carbons (Fsp3) is 0.250. The van der Waals surface area contributed by atoms with E-state index in [0.29, 0.717) is 15.8 Å². The van der Waals surface area contributed by atoms with Gasteiger partial charge in [0.1, 0.15) is 11.6 Å². The van der Waals surface area contributed by atoms with Crippen molar-refractivity contribution in [3.63, 3.8) is 0 Å². The molecular weight excluding hydrogens is 241 g/mol. The molecule has 0 fully saturated rings. The molecule has 0 saturated carbocycles. The van der Waals surface area contributed by atoms with E-state index < -0.39 is 5.82 Å². The van der Waals surface area contributed by atoms with Gasteiger partial charge in [-0.05, 0) is 28.1 Å². The molecule has 0 aliphatic rings. The molecule has 0 aliphatic carbocycles. The Labute approximate surface area is 83.6 Å². The maximum absolute atomic E-state index is 13.3. The van der Waals surface area contributed by atoms with Crippen molar-refractivity contribution in [3.8, 4) is 5.75 Å². The Kier molecular flexibility index (Phi) is 3.65. The van der Waals surface area contributed by atoms with E-state index in [-0.39, 0.29) is 6.54 Å². The molecule has 13 heavy (non-hydrogen) atoms. The molecule has 0 aliphatic heterocycles. The van der Waals surface area contributed by atoms with Gasteiger partial charge >= 0.3 is 0 Å². The average Bonchev–Trinajstić information content (AvgIpc) is 2.13. The van der Waals surface area contributed by atoms with Crippen molar-refractivity contribution in [2.24, 2.45) is 0 Å². The van der Waals surface area contributed by atoms with Gasteiger partial charge in [-0.25, -0.2) is 9.87 Å². The van der Waals surface area contributed by atoms with E-state index in [1.165, 1.54) is 19.2 Å². The number of benzene rings is 1. The third-order valence-corrected chi connectivity index (χ3v) is 2.16. The van der Waals surface area contributed by atoms with E-state index in [9.17, 15) is 4.39 Å². The molecule has 1 aromatic rings. The number of hydroxylamine groups is 1. The number of methoxy groups -OCH3 is 1. The van der Waals surface area contributed by atoms with Crippen molar-refractivity contribution in [2.75, 3.05) is 7.11 Å². The maximum atomic E-state index is 13.3. The van der Waals surface area contributed by atoms with Crippen LogP contribution in [-0.2, 0) is 6.54 Å². The third kappa shape index (κ3) is 2.40. The highest BCUT2D eigenvalue weighted by molar-refractivity contribution is 9.10. The Balaban J connectivity index is 3.09. The molecule has 0 heterocycles. The van der Waals surface area contributed by atoms with Crippen LogP contribution in [0.2, 0.25) is 0 Å². The van der Waals surface area contributed by atoms with Crippen LogP contribution in [0.1, 0.15) is 5.56 Å². The monoisotopic (exact) mass is 249 g/mol. The molecule has 0 amide bonds. The van der Waals surface area contributed by atoms with Crippen molar-refractivity contribution in [1.29, 1.82) is 0 Å². The first-order valence-electron chi connectivity index (χ1n) is 3.58. The minimum Gasteiger partial charge on any atom is -0.497 e. The molecule has 3 nitrogen and oxygen atoms in total. The van der Waals surface area contributed by atoms with Crippen LogP contribution in [0.15, 0.2) is 16.6 Å². The Bertz CT molecular complexity index is 306. The molecule has 0 spiro atoms. The van der Waals surface area contributed by atoms with Gasteiger partial charge in [-0.1, -0.05) is 0 Å². The largest absolute Gasteiger partial charge is 0.497 e. The SMILES string of the molecule is COc1cc(Br)c(F)c(CNO)c1. The van der Waals surface area contributed by atoms with E-state index in [1.54, 1.807) is 0 Å². The van der Waals surface area contributed by atoms with Gasteiger partial charge in [0.2, 0.25) is 0 Å². The summed E-state index contributed by atoms with van der Waals surface area (Å²) < 4.78 is 18.5. The van der Waals surface area contributed by atoms with E-state index in [4.69, 9.17) is 9.94 Å². The zero-order chi connectivity index (χ0) is 9.84. The number of nitrogens with one attached hydrogen (secondary N) is 1. The lowest BCUT2D eigenvalue weighted by Crippen LogP contribution is -2.08. The first-order valence-corrected chi connectivity index (χ1v) is 4.37. The molecule has 1 rings (SSSR count). The van der Waals surface area contributed by atoms with E-state index in [2.05, 4.69) is 15.9 Å². The van der Waals surface area contributed by atoms with E-state index >= 15 is 0 Å². The lowest BCUT2D eigenvalue weighted by molar-refractivity contribution is 0.160. The second-order valence-electron chi connectivity index (χ2n) is 2.42. The second-order valence-corrected chi connectivity index (χ2v) is 3.27. The van der Waals surface area contributed by atoms with Crippen molar-refractivity contribution < 1.29 is 14.3 Å². The summed E-state index contributed by atoms with van der Waals surface area (Å²) in [6, 6.07) is 3.04. The van der Waals surface area contributed by atoms with Crippen LogP contribution >= 0.6 is 15.9 Å². The summed E-state index contributed by atoms with van der Waals surface area (Å²) in [7, 11) is 1.50. The van der Waals surface area contributed by atoms with Crippen LogP contribution in [0.25, 0.3) is 0 Å². The minimum absolute atomic E-state index is 0.0433. The highest BCUT2D eigenvalue weighted by Gasteiger charge is 2.08. The van der Waals surface area contributed by atoms with Crippen molar-refractivity contribution in [2.45, 2.75) is 6.54 Å². The van der Waals surface area contributed by atoms with Gasteiger partial charge in [-0.2, -0.15) is 0 Å². The first kappa shape index (κ1) is 10.4. The van der Waals surface area contributed by atoms with Crippen molar-refractivity contribution in [1.82, 2.24) is 5.48 Å². The van der Waals surface area contributed by atoms with Gasteiger partial charge < -0.3 is 9.94 Å². The van der Waals surface area contributed by atoms with Crippen LogP contribution in [0.5, 0.6) is 5.75 Å². The van der Waals surface area contributed by atoms with Gasteiger partial charge in [0.15, 0.2) is 0 Å². The van der Waals surface area contributed by atoms with Gasteiger partial charge in [0.05, 0.1) is 11.6 Å². The Morgan fingerprint density at radius 3 is 2.85 bits per heavy atom. The number of halogens is 2. The molecule has 0 radical (unpaired) electrons. The van der Waals surface area contributed by atoms with Crippen LogP contribution in [0.4, 0.5) is 4.39 Å². The summed E-state index contributed by atoms with van der Waals surface area (Å²) in [6.45, 7) is 0.0433. The number of ether oxygens (including phenoxy) is 1. The fourth-order valence-corrected chi connectivity index (χ4v) is 1.43. The average molecular weight is 250 g/mol. The summed E-state index contributed by atoms with van der Waals surface area (Å²) in [4.78, 5) is 0. The van der Waals surface area contributed by atoms with E-state index in [1.807, 2.05) is 5.48 Å². The molecule has 72 valence electrons. The van der Waals surface area contributed by atoms with Crippen LogP contribution in [0.3, 0.4) is 0 Å². The summed E-state index contributed by atoms with van der Waals surface area (Å²) in [5.41, 5.74) is 2.23. The molecule has 0 saturated heterocycles. The highest BCUT2D eigenvalue weighted by Crippen LogP contribution is 2.25. The number of rotatable bonds is 3. The lowest BCUT2D eigenvalue weighted by Gasteiger charge is -2.06. The molecule has 0 atom stereocenters. The molecular formula is C8H9BrFNO2. The fourth-order valence-electron chi connectivity index (χ4n) is 0.950. The van der Waals surface area contributed by atoms with Crippen molar-refractivity contribution in [3.05, 3.63) is 28.0 Å². The Morgan fingerprint density at radius 1 is 1.62 bits per heavy atom. The smallest absolute Gasteiger partial charge is 0.142 e. The van der Waals surface area contributed by atoms with Crippen LogP contribution in [-0.4, -0.2) is 12.3 Å². The number of hydrogen-bond donors (Lipinski definition) is 2. The van der Waals surface area contributed by atoms with Gasteiger partial charge in [0.25, 0.3) is 0 Å². The minimum atomic E-state index is -0.401. The highest BCUT2D eigenvalue weighted by atomic mass is 79.9. The molecule has 0 bridgehead atoms. The van der Waals surface area contributed by atoms with E-state index in [0.717, 1.165) is 0 Å². The lowest BCUT2D eigenvalue weighted by atomic mass is 10.2.